The van der Waals surface area contributed by atoms with E-state index >= 15 is 0 Å². The second kappa shape index (κ2) is 6.76. The van der Waals surface area contributed by atoms with Crippen molar-refractivity contribution in [2.75, 3.05) is 12.4 Å². The summed E-state index contributed by atoms with van der Waals surface area (Å²) in [4.78, 5) is 4.70. The summed E-state index contributed by atoms with van der Waals surface area (Å²) in [6, 6.07) is 24.2. The largest absolute Gasteiger partial charge is 0.497 e. The van der Waals surface area contributed by atoms with Gasteiger partial charge in [-0.1, -0.05) is 36.4 Å². The van der Waals surface area contributed by atoms with Gasteiger partial charge in [-0.25, -0.2) is 0 Å². The van der Waals surface area contributed by atoms with Gasteiger partial charge in [0.15, 0.2) is 0 Å². The molecule has 0 atom stereocenters. The van der Waals surface area contributed by atoms with Crippen LogP contribution in [-0.4, -0.2) is 12.1 Å². The molecule has 3 rings (SSSR count). The summed E-state index contributed by atoms with van der Waals surface area (Å²) in [6.45, 7) is 0.688. The van der Waals surface area contributed by atoms with Gasteiger partial charge < -0.3 is 10.1 Å². The van der Waals surface area contributed by atoms with Gasteiger partial charge >= 0.3 is 0 Å². The summed E-state index contributed by atoms with van der Waals surface area (Å²) in [6.07, 6.45) is 0. The number of nitrogens with one attached hydrogen (secondary N) is 1. The maximum atomic E-state index is 5.16. The number of nitrogens with zero attached hydrogens (tertiary/aromatic N) is 1. The van der Waals surface area contributed by atoms with E-state index in [2.05, 4.69) is 17.4 Å². The van der Waals surface area contributed by atoms with Crippen molar-refractivity contribution in [1.82, 2.24) is 4.98 Å². The Hall–Kier alpha value is -2.81. The van der Waals surface area contributed by atoms with Gasteiger partial charge in [-0.15, -0.1) is 0 Å². The molecule has 110 valence electrons. The highest BCUT2D eigenvalue weighted by molar-refractivity contribution is 5.58. The van der Waals surface area contributed by atoms with E-state index in [9.17, 15) is 0 Å². The van der Waals surface area contributed by atoms with Gasteiger partial charge in [-0.2, -0.15) is 0 Å². The fraction of sp³-hybridized carbons (Fsp3) is 0.105. The van der Waals surface area contributed by atoms with Crippen LogP contribution < -0.4 is 10.1 Å². The molecule has 1 aromatic heterocycles. The van der Waals surface area contributed by atoms with E-state index < -0.39 is 0 Å². The van der Waals surface area contributed by atoms with Crippen LogP contribution in [0.3, 0.4) is 0 Å². The number of ether oxygens (including phenoxy) is 1. The first-order valence-electron chi connectivity index (χ1n) is 7.24. The van der Waals surface area contributed by atoms with Gasteiger partial charge in [-0.3, -0.25) is 4.98 Å². The molecule has 22 heavy (non-hydrogen) atoms. The molecule has 0 fully saturated rings. The Morgan fingerprint density at radius 1 is 0.864 bits per heavy atom. The third kappa shape index (κ3) is 3.44. The van der Waals surface area contributed by atoms with Gasteiger partial charge in [0.2, 0.25) is 0 Å². The fourth-order valence-electron chi connectivity index (χ4n) is 2.25. The molecule has 1 N–H and O–H groups in total. The van der Waals surface area contributed by atoms with Crippen molar-refractivity contribution in [1.29, 1.82) is 0 Å². The van der Waals surface area contributed by atoms with Crippen molar-refractivity contribution in [3.63, 3.8) is 0 Å². The number of hydrogen-bond donors (Lipinski definition) is 1. The lowest BCUT2D eigenvalue weighted by molar-refractivity contribution is 0.415. The Kier molecular flexibility index (Phi) is 4.35. The minimum absolute atomic E-state index is 0.688. The average Bonchev–Trinajstić information content (AvgIpc) is 2.61. The molecule has 2 aromatic carbocycles. The zero-order chi connectivity index (χ0) is 15.2. The molecular weight excluding hydrogens is 272 g/mol. The lowest BCUT2D eigenvalue weighted by Crippen LogP contribution is -2.02. The second-order valence-electron chi connectivity index (χ2n) is 4.96. The molecule has 0 amide bonds. The molecule has 0 bridgehead atoms. The van der Waals surface area contributed by atoms with Gasteiger partial charge in [0.1, 0.15) is 5.75 Å². The zero-order valence-corrected chi connectivity index (χ0v) is 12.5. The minimum Gasteiger partial charge on any atom is -0.497 e. The number of hydrogen-bond acceptors (Lipinski definition) is 3. The van der Waals surface area contributed by atoms with Crippen molar-refractivity contribution >= 4 is 5.69 Å². The van der Waals surface area contributed by atoms with Gasteiger partial charge in [-0.05, 0) is 36.4 Å². The Morgan fingerprint density at radius 2 is 1.64 bits per heavy atom. The first kappa shape index (κ1) is 14.1. The highest BCUT2D eigenvalue weighted by Crippen LogP contribution is 2.18. The number of benzene rings is 2. The van der Waals surface area contributed by atoms with E-state index in [4.69, 9.17) is 9.72 Å². The van der Waals surface area contributed by atoms with E-state index in [1.54, 1.807) is 7.11 Å². The molecule has 3 aromatic rings. The average molecular weight is 290 g/mol. The molecule has 0 spiro atoms. The van der Waals surface area contributed by atoms with E-state index in [1.807, 2.05) is 60.7 Å². The van der Waals surface area contributed by atoms with Crippen LogP contribution in [0.15, 0.2) is 72.8 Å². The van der Waals surface area contributed by atoms with Crippen molar-refractivity contribution in [2.24, 2.45) is 0 Å². The Bertz CT molecular complexity index is 724. The highest BCUT2D eigenvalue weighted by atomic mass is 16.5. The highest BCUT2D eigenvalue weighted by Gasteiger charge is 2.01. The van der Waals surface area contributed by atoms with Crippen molar-refractivity contribution in [3.05, 3.63) is 78.5 Å². The van der Waals surface area contributed by atoms with Crippen molar-refractivity contribution in [2.45, 2.75) is 6.54 Å². The SMILES string of the molecule is COc1ccc(NCc2cccc(-c3ccccc3)n2)cc1. The number of aromatic nitrogens is 1. The van der Waals surface area contributed by atoms with Gasteiger partial charge in [0.25, 0.3) is 0 Å². The predicted molar refractivity (Wildman–Crippen MR) is 90.0 cm³/mol. The Labute approximate surface area is 130 Å². The predicted octanol–water partition coefficient (Wildman–Crippen LogP) is 4.37. The smallest absolute Gasteiger partial charge is 0.119 e. The van der Waals surface area contributed by atoms with E-state index in [1.165, 1.54) is 0 Å². The van der Waals surface area contributed by atoms with Crippen LogP contribution in [0, 0.1) is 0 Å². The van der Waals surface area contributed by atoms with Crippen LogP contribution in [0.25, 0.3) is 11.3 Å². The van der Waals surface area contributed by atoms with Crippen molar-refractivity contribution < 1.29 is 4.74 Å². The molecule has 0 aliphatic carbocycles. The standard InChI is InChI=1S/C19H18N2O/c1-22-18-12-10-16(11-13-18)20-14-17-8-5-9-19(21-17)15-6-3-2-4-7-15/h2-13,20H,14H2,1H3. The monoisotopic (exact) mass is 290 g/mol. The summed E-state index contributed by atoms with van der Waals surface area (Å²) in [7, 11) is 1.67. The number of anilines is 1. The lowest BCUT2D eigenvalue weighted by atomic mass is 10.1. The third-order valence-corrected chi connectivity index (χ3v) is 3.44. The third-order valence-electron chi connectivity index (χ3n) is 3.44. The number of rotatable bonds is 5. The fourth-order valence-corrected chi connectivity index (χ4v) is 2.25. The Morgan fingerprint density at radius 3 is 2.36 bits per heavy atom. The van der Waals surface area contributed by atoms with Crippen LogP contribution in [-0.2, 0) is 6.54 Å². The molecule has 0 unspecified atom stereocenters. The maximum absolute atomic E-state index is 5.16. The van der Waals surface area contributed by atoms with Crippen LogP contribution in [0.4, 0.5) is 5.69 Å². The minimum atomic E-state index is 0.688. The lowest BCUT2D eigenvalue weighted by Gasteiger charge is -2.08. The molecule has 0 aliphatic heterocycles. The van der Waals surface area contributed by atoms with Crippen LogP contribution in [0.2, 0.25) is 0 Å². The molecule has 1 heterocycles. The first-order chi connectivity index (χ1) is 10.8. The van der Waals surface area contributed by atoms with Crippen LogP contribution >= 0.6 is 0 Å². The molecule has 3 heteroatoms. The topological polar surface area (TPSA) is 34.1 Å². The number of methoxy groups -OCH3 is 1. The summed E-state index contributed by atoms with van der Waals surface area (Å²) in [5.74, 6) is 0.856. The molecule has 0 aliphatic rings. The zero-order valence-electron chi connectivity index (χ0n) is 12.5. The Balaban J connectivity index is 1.70. The molecular formula is C19H18N2O. The number of pyridine rings is 1. The summed E-state index contributed by atoms with van der Waals surface area (Å²) in [5.41, 5.74) is 4.19. The molecule has 0 saturated heterocycles. The maximum Gasteiger partial charge on any atom is 0.119 e. The quantitative estimate of drug-likeness (QED) is 0.757. The first-order valence-corrected chi connectivity index (χ1v) is 7.24. The summed E-state index contributed by atoms with van der Waals surface area (Å²) < 4.78 is 5.16. The van der Waals surface area contributed by atoms with Crippen LogP contribution in [0.5, 0.6) is 5.75 Å². The van der Waals surface area contributed by atoms with Crippen molar-refractivity contribution in [3.8, 4) is 17.0 Å². The second-order valence-corrected chi connectivity index (χ2v) is 4.96. The van der Waals surface area contributed by atoms with Gasteiger partial charge in [0.05, 0.1) is 25.0 Å². The van der Waals surface area contributed by atoms with Gasteiger partial charge in [0, 0.05) is 11.3 Å². The van der Waals surface area contributed by atoms with E-state index in [-0.39, 0.29) is 0 Å². The van der Waals surface area contributed by atoms with E-state index in [0.717, 1.165) is 28.4 Å². The molecule has 0 radical (unpaired) electrons. The summed E-state index contributed by atoms with van der Waals surface area (Å²) >= 11 is 0. The normalized spacial score (nSPS) is 10.2. The molecule has 3 nitrogen and oxygen atoms in total. The van der Waals surface area contributed by atoms with Crippen LogP contribution in [0.1, 0.15) is 5.69 Å². The molecule has 0 saturated carbocycles. The van der Waals surface area contributed by atoms with E-state index in [0.29, 0.717) is 6.54 Å². The summed E-state index contributed by atoms with van der Waals surface area (Å²) in [5, 5.41) is 3.37.